The van der Waals surface area contributed by atoms with Gasteiger partial charge in [0, 0.05) is 35.1 Å². The van der Waals surface area contributed by atoms with Crippen molar-refractivity contribution in [2.75, 3.05) is 30.9 Å². The van der Waals surface area contributed by atoms with Crippen LogP contribution in [0.25, 0.3) is 0 Å². The minimum Gasteiger partial charge on any atom is -0.482 e. The Hall–Kier alpha value is -1.40. The first-order chi connectivity index (χ1) is 9.22. The zero-order valence-electron chi connectivity index (χ0n) is 10.5. The van der Waals surface area contributed by atoms with Gasteiger partial charge in [0.2, 0.25) is 0 Å². The minimum absolute atomic E-state index is 0.0545. The summed E-state index contributed by atoms with van der Waals surface area (Å²) in [5.74, 6) is 0.521. The topological polar surface area (TPSA) is 73.6 Å². The van der Waals surface area contributed by atoms with Crippen LogP contribution < -0.4 is 15.8 Å². The van der Waals surface area contributed by atoms with Gasteiger partial charge in [0.25, 0.3) is 5.91 Å². The maximum atomic E-state index is 11.3. The van der Waals surface area contributed by atoms with Crippen molar-refractivity contribution < 1.29 is 14.3 Å². The first-order valence-corrected chi connectivity index (χ1v) is 7.21. The number of hydrogen-bond donors (Lipinski definition) is 2. The number of nitrogen functional groups attached to an aromatic ring is 1. The molecule has 0 atom stereocenters. The first kappa shape index (κ1) is 12.6. The second-order valence-corrected chi connectivity index (χ2v) is 5.99. The van der Waals surface area contributed by atoms with Crippen molar-refractivity contribution in [1.82, 2.24) is 0 Å². The van der Waals surface area contributed by atoms with Crippen LogP contribution in [0, 0.1) is 0 Å². The molecule has 1 saturated heterocycles. The predicted octanol–water partition coefficient (Wildman–Crippen LogP) is 1.87. The average molecular weight is 280 g/mol. The van der Waals surface area contributed by atoms with Gasteiger partial charge < -0.3 is 20.5 Å². The Labute approximate surface area is 115 Å². The fourth-order valence-corrected chi connectivity index (χ4v) is 3.37. The van der Waals surface area contributed by atoms with E-state index in [1.54, 1.807) is 17.8 Å². The van der Waals surface area contributed by atoms with Crippen LogP contribution in [0.4, 0.5) is 11.4 Å². The Balaban J connectivity index is 1.80. The molecule has 2 aliphatic heterocycles. The molecule has 0 bridgehead atoms. The number of nitrogens with one attached hydrogen (secondary N) is 1. The zero-order valence-corrected chi connectivity index (χ0v) is 11.3. The van der Waals surface area contributed by atoms with E-state index < -0.39 is 0 Å². The molecule has 19 heavy (non-hydrogen) atoms. The van der Waals surface area contributed by atoms with Gasteiger partial charge >= 0.3 is 0 Å². The number of thioether (sulfide) groups is 1. The normalized spacial score (nSPS) is 19.5. The van der Waals surface area contributed by atoms with E-state index in [-0.39, 0.29) is 12.5 Å². The van der Waals surface area contributed by atoms with Gasteiger partial charge in [-0.2, -0.15) is 0 Å². The second kappa shape index (κ2) is 5.30. The lowest BCUT2D eigenvalue weighted by Crippen LogP contribution is -2.25. The molecule has 5 nitrogen and oxygen atoms in total. The Kier molecular flexibility index (Phi) is 3.52. The molecule has 0 spiro atoms. The summed E-state index contributed by atoms with van der Waals surface area (Å²) >= 11 is 1.75. The molecule has 3 N–H and O–H groups in total. The number of anilines is 2. The van der Waals surface area contributed by atoms with Gasteiger partial charge in [-0.3, -0.25) is 4.79 Å². The van der Waals surface area contributed by atoms with Gasteiger partial charge in [-0.05, 0) is 18.9 Å². The zero-order chi connectivity index (χ0) is 13.2. The van der Waals surface area contributed by atoms with Crippen LogP contribution in [-0.2, 0) is 9.53 Å². The standard InChI is InChI=1S/C13H16N2O3S/c14-9-5-11-10(15-13(16)7-18-11)6-12(9)19-8-1-3-17-4-2-8/h5-6,8H,1-4,7,14H2,(H,15,16). The highest BCUT2D eigenvalue weighted by atomic mass is 32.2. The average Bonchev–Trinajstić information content (AvgIpc) is 2.41. The van der Waals surface area contributed by atoms with Crippen molar-refractivity contribution in [2.45, 2.75) is 23.0 Å². The van der Waals surface area contributed by atoms with E-state index in [0.717, 1.165) is 31.0 Å². The molecule has 1 fully saturated rings. The van der Waals surface area contributed by atoms with Gasteiger partial charge in [-0.1, -0.05) is 0 Å². The molecular formula is C13H16N2O3S. The Bertz CT molecular complexity index is 501. The summed E-state index contributed by atoms with van der Waals surface area (Å²) in [4.78, 5) is 12.3. The quantitative estimate of drug-likeness (QED) is 0.809. The molecule has 2 heterocycles. The summed E-state index contributed by atoms with van der Waals surface area (Å²) in [7, 11) is 0. The first-order valence-electron chi connectivity index (χ1n) is 6.33. The van der Waals surface area contributed by atoms with E-state index in [2.05, 4.69) is 5.32 Å². The fraction of sp³-hybridized carbons (Fsp3) is 0.462. The summed E-state index contributed by atoms with van der Waals surface area (Å²) in [6.07, 6.45) is 2.06. The number of carbonyl (C=O) groups is 1. The number of benzene rings is 1. The lowest BCUT2D eigenvalue weighted by atomic mass is 10.2. The number of rotatable bonds is 2. The highest BCUT2D eigenvalue weighted by Gasteiger charge is 2.21. The molecule has 3 rings (SSSR count). The molecule has 0 saturated carbocycles. The smallest absolute Gasteiger partial charge is 0.262 e. The molecule has 6 heteroatoms. The second-order valence-electron chi connectivity index (χ2n) is 4.65. The SMILES string of the molecule is Nc1cc2c(cc1SC1CCOCC1)NC(=O)CO2. The van der Waals surface area contributed by atoms with Crippen LogP contribution in [0.15, 0.2) is 17.0 Å². The maximum absolute atomic E-state index is 11.3. The number of amides is 1. The number of carbonyl (C=O) groups excluding carboxylic acids is 1. The summed E-state index contributed by atoms with van der Waals surface area (Å²) in [6.45, 7) is 1.67. The molecule has 102 valence electrons. The lowest BCUT2D eigenvalue weighted by Gasteiger charge is -2.24. The summed E-state index contributed by atoms with van der Waals surface area (Å²) in [5.41, 5.74) is 7.46. The van der Waals surface area contributed by atoms with Crippen molar-refractivity contribution in [1.29, 1.82) is 0 Å². The molecular weight excluding hydrogens is 264 g/mol. The van der Waals surface area contributed by atoms with Crippen LogP contribution in [0.5, 0.6) is 5.75 Å². The van der Waals surface area contributed by atoms with Gasteiger partial charge in [0.1, 0.15) is 5.75 Å². The summed E-state index contributed by atoms with van der Waals surface area (Å²) < 4.78 is 10.7. The third kappa shape index (κ3) is 2.79. The molecule has 1 aromatic rings. The molecule has 2 aliphatic rings. The van der Waals surface area contributed by atoms with Crippen LogP contribution in [0.1, 0.15) is 12.8 Å². The highest BCUT2D eigenvalue weighted by Crippen LogP contribution is 2.40. The van der Waals surface area contributed by atoms with Gasteiger partial charge in [0.15, 0.2) is 6.61 Å². The maximum Gasteiger partial charge on any atom is 0.262 e. The number of hydrogen-bond acceptors (Lipinski definition) is 5. The Morgan fingerprint density at radius 3 is 2.89 bits per heavy atom. The van der Waals surface area contributed by atoms with Crippen LogP contribution in [0.2, 0.25) is 0 Å². The van der Waals surface area contributed by atoms with Crippen molar-refractivity contribution in [3.8, 4) is 5.75 Å². The third-order valence-electron chi connectivity index (χ3n) is 3.21. The number of nitrogens with two attached hydrogens (primary N) is 1. The Morgan fingerprint density at radius 2 is 2.11 bits per heavy atom. The molecule has 1 amide bonds. The van der Waals surface area contributed by atoms with E-state index in [1.165, 1.54) is 0 Å². The molecule has 0 aliphatic carbocycles. The van der Waals surface area contributed by atoms with E-state index in [9.17, 15) is 4.79 Å². The molecule has 1 aromatic carbocycles. The van der Waals surface area contributed by atoms with Crippen molar-refractivity contribution >= 4 is 29.0 Å². The van der Waals surface area contributed by atoms with Crippen molar-refractivity contribution in [3.05, 3.63) is 12.1 Å². The number of fused-ring (bicyclic) bond motifs is 1. The fourth-order valence-electron chi connectivity index (χ4n) is 2.20. The Morgan fingerprint density at radius 1 is 1.32 bits per heavy atom. The van der Waals surface area contributed by atoms with Crippen molar-refractivity contribution in [2.24, 2.45) is 0 Å². The van der Waals surface area contributed by atoms with Gasteiger partial charge in [-0.15, -0.1) is 11.8 Å². The summed E-state index contributed by atoms with van der Waals surface area (Å²) in [6, 6.07) is 3.69. The minimum atomic E-state index is -0.126. The monoisotopic (exact) mass is 280 g/mol. The van der Waals surface area contributed by atoms with Crippen molar-refractivity contribution in [3.63, 3.8) is 0 Å². The lowest BCUT2D eigenvalue weighted by molar-refractivity contribution is -0.118. The predicted molar refractivity (Wildman–Crippen MR) is 74.7 cm³/mol. The van der Waals surface area contributed by atoms with Crippen LogP contribution >= 0.6 is 11.8 Å². The molecule has 0 aromatic heterocycles. The third-order valence-corrected chi connectivity index (χ3v) is 4.62. The van der Waals surface area contributed by atoms with Gasteiger partial charge in [0.05, 0.1) is 5.69 Å². The highest BCUT2D eigenvalue weighted by molar-refractivity contribution is 8.00. The van der Waals surface area contributed by atoms with E-state index in [4.69, 9.17) is 15.2 Å². The molecule has 0 unspecified atom stereocenters. The van der Waals surface area contributed by atoms with E-state index >= 15 is 0 Å². The van der Waals surface area contributed by atoms with Gasteiger partial charge in [-0.25, -0.2) is 0 Å². The van der Waals surface area contributed by atoms with E-state index in [1.807, 2.05) is 6.07 Å². The number of ether oxygens (including phenoxy) is 2. The van der Waals surface area contributed by atoms with Crippen LogP contribution in [0.3, 0.4) is 0 Å². The molecule has 0 radical (unpaired) electrons. The van der Waals surface area contributed by atoms with E-state index in [0.29, 0.717) is 22.4 Å². The summed E-state index contributed by atoms with van der Waals surface area (Å²) in [5, 5.41) is 3.33. The largest absolute Gasteiger partial charge is 0.482 e. The van der Waals surface area contributed by atoms with Crippen LogP contribution in [-0.4, -0.2) is 31.0 Å².